The molecule has 1 aliphatic heterocycles. The van der Waals surface area contributed by atoms with Crippen LogP contribution in [0.3, 0.4) is 0 Å². The second-order valence-corrected chi connectivity index (χ2v) is 6.95. The first-order valence-electron chi connectivity index (χ1n) is 8.51. The number of fused-ring (bicyclic) bond motifs is 1. The van der Waals surface area contributed by atoms with Crippen molar-refractivity contribution >= 4 is 31.0 Å². The van der Waals surface area contributed by atoms with Gasteiger partial charge in [-0.15, -0.1) is 0 Å². The average molecular weight is 389 g/mol. The predicted molar refractivity (Wildman–Crippen MR) is 102 cm³/mol. The first kappa shape index (κ1) is 19.3. The molecule has 27 heavy (non-hydrogen) atoms. The Morgan fingerprint density at radius 3 is 2.78 bits per heavy atom. The number of aryl methyl sites for hydroxylation is 1. The summed E-state index contributed by atoms with van der Waals surface area (Å²) in [6.07, 6.45) is 5.31. The Hall–Kier alpha value is -2.45. The molecule has 4 rings (SSSR count). The fraction of sp³-hybridized carbons (Fsp3) is 0.316. The summed E-state index contributed by atoms with van der Waals surface area (Å²) < 4.78 is 13.5. The van der Waals surface area contributed by atoms with Gasteiger partial charge in [0.25, 0.3) is 5.91 Å². The van der Waals surface area contributed by atoms with Crippen molar-refractivity contribution < 1.29 is 19.2 Å². The third-order valence-corrected chi connectivity index (χ3v) is 5.49. The molecule has 2 amide bonds. The monoisotopic (exact) mass is 389 g/mol. The van der Waals surface area contributed by atoms with Gasteiger partial charge in [-0.25, -0.2) is 9.87 Å². The highest BCUT2D eigenvalue weighted by Crippen LogP contribution is 2.45. The van der Waals surface area contributed by atoms with Crippen molar-refractivity contribution in [2.24, 2.45) is 5.41 Å². The number of aromatic nitrogens is 1. The minimum Gasteiger partial charge on any atom is -0.310 e. The normalized spacial score (nSPS) is 21.0. The average Bonchev–Trinajstić information content (AvgIpc) is 2.96. The molecule has 1 spiro atoms. The molecule has 0 bridgehead atoms. The van der Waals surface area contributed by atoms with Crippen LogP contribution in [0, 0.1) is 11.2 Å². The van der Waals surface area contributed by atoms with Crippen LogP contribution < -0.4 is 10.4 Å². The van der Waals surface area contributed by atoms with Crippen molar-refractivity contribution in [1.29, 1.82) is 0 Å². The Bertz CT molecular complexity index is 908. The van der Waals surface area contributed by atoms with Crippen molar-refractivity contribution in [2.45, 2.75) is 25.7 Å². The van der Waals surface area contributed by atoms with Gasteiger partial charge in [0, 0.05) is 18.2 Å². The van der Waals surface area contributed by atoms with E-state index in [1.54, 1.807) is 22.5 Å². The number of pyridine rings is 1. The van der Waals surface area contributed by atoms with Crippen LogP contribution in [0.4, 0.5) is 10.1 Å². The Labute approximate surface area is 162 Å². The van der Waals surface area contributed by atoms with Gasteiger partial charge in [0.05, 0.1) is 23.5 Å². The van der Waals surface area contributed by atoms with Crippen molar-refractivity contribution in [3.05, 3.63) is 59.2 Å². The van der Waals surface area contributed by atoms with Gasteiger partial charge in [0.1, 0.15) is 5.82 Å². The van der Waals surface area contributed by atoms with Crippen LogP contribution >= 0.6 is 13.5 Å². The molecule has 2 heterocycles. The molecule has 0 saturated carbocycles. The number of benzene rings is 1. The summed E-state index contributed by atoms with van der Waals surface area (Å²) in [5, 5.41) is 8.77. The highest BCUT2D eigenvalue weighted by molar-refractivity contribution is 7.59. The van der Waals surface area contributed by atoms with Crippen molar-refractivity contribution in [2.75, 3.05) is 11.4 Å². The zero-order chi connectivity index (χ0) is 18.3. The number of anilines is 1. The van der Waals surface area contributed by atoms with Crippen molar-refractivity contribution in [3.63, 3.8) is 0 Å². The number of rotatable bonds is 2. The molecule has 6 nitrogen and oxygen atoms in total. The standard InChI is InChI=1S/C19H18FN3O3.H2S/c20-15-8-16(11-21-10-15)23-6-5-19(18(23)25)4-3-12-7-13(17(24)22-26)1-2-14(12)9-19;/h1-2,7-8,10-11,26H,3-6,9H2,(H,22,24);1H2/t19-;/m1./s1. The molecule has 2 aliphatic rings. The van der Waals surface area contributed by atoms with Crippen molar-refractivity contribution in [3.8, 4) is 0 Å². The molecule has 1 saturated heterocycles. The van der Waals surface area contributed by atoms with Crippen LogP contribution in [0.2, 0.25) is 0 Å². The summed E-state index contributed by atoms with van der Waals surface area (Å²) in [5.74, 6) is -0.998. The molecule has 0 unspecified atom stereocenters. The van der Waals surface area contributed by atoms with E-state index in [-0.39, 0.29) is 19.4 Å². The van der Waals surface area contributed by atoms with E-state index in [1.807, 2.05) is 6.07 Å². The largest absolute Gasteiger partial charge is 0.310 e. The van der Waals surface area contributed by atoms with Gasteiger partial charge in [0.15, 0.2) is 0 Å². The molecular weight excluding hydrogens is 369 g/mol. The summed E-state index contributed by atoms with van der Waals surface area (Å²) in [6.45, 7) is 0.546. The molecular formula is C19H20FN3O3S. The molecule has 1 aromatic carbocycles. The van der Waals surface area contributed by atoms with Gasteiger partial charge in [-0.3, -0.25) is 19.8 Å². The number of amides is 2. The zero-order valence-electron chi connectivity index (χ0n) is 14.5. The van der Waals surface area contributed by atoms with E-state index in [0.29, 0.717) is 43.5 Å². The highest BCUT2D eigenvalue weighted by atomic mass is 32.1. The predicted octanol–water partition coefficient (Wildman–Crippen LogP) is 2.36. The number of hydrogen-bond donors (Lipinski definition) is 2. The molecule has 2 aromatic rings. The van der Waals surface area contributed by atoms with Gasteiger partial charge >= 0.3 is 0 Å². The topological polar surface area (TPSA) is 82.5 Å². The minimum atomic E-state index is -0.546. The quantitative estimate of drug-likeness (QED) is 0.610. The van der Waals surface area contributed by atoms with Crippen LogP contribution in [0.5, 0.6) is 0 Å². The number of nitrogens with zero attached hydrogens (tertiary/aromatic N) is 2. The third kappa shape index (κ3) is 3.30. The molecule has 1 aromatic heterocycles. The van der Waals surface area contributed by atoms with Gasteiger partial charge in [-0.2, -0.15) is 13.5 Å². The lowest BCUT2D eigenvalue weighted by Crippen LogP contribution is -2.39. The first-order chi connectivity index (χ1) is 12.5. The molecule has 2 N–H and O–H groups in total. The van der Waals surface area contributed by atoms with Crippen LogP contribution in [-0.2, 0) is 17.6 Å². The van der Waals surface area contributed by atoms with E-state index >= 15 is 0 Å². The number of halogens is 1. The second kappa shape index (κ2) is 7.28. The molecule has 142 valence electrons. The summed E-state index contributed by atoms with van der Waals surface area (Å²) in [5.41, 5.74) is 4.10. The second-order valence-electron chi connectivity index (χ2n) is 6.95. The number of hydrogen-bond acceptors (Lipinski definition) is 4. The van der Waals surface area contributed by atoms with E-state index in [2.05, 4.69) is 4.98 Å². The van der Waals surface area contributed by atoms with Gasteiger partial charge in [0.2, 0.25) is 5.91 Å². The molecule has 1 atom stereocenters. The summed E-state index contributed by atoms with van der Waals surface area (Å²) in [6, 6.07) is 6.60. The summed E-state index contributed by atoms with van der Waals surface area (Å²) in [7, 11) is 0. The van der Waals surface area contributed by atoms with E-state index < -0.39 is 17.1 Å². The van der Waals surface area contributed by atoms with Crippen LogP contribution in [0.25, 0.3) is 0 Å². The Kier molecular flexibility index (Phi) is 5.21. The molecule has 1 aliphatic carbocycles. The fourth-order valence-electron chi connectivity index (χ4n) is 4.07. The number of nitrogens with one attached hydrogen (secondary N) is 1. The fourth-order valence-corrected chi connectivity index (χ4v) is 4.07. The van der Waals surface area contributed by atoms with Gasteiger partial charge in [-0.05, 0) is 48.9 Å². The van der Waals surface area contributed by atoms with E-state index in [4.69, 9.17) is 5.21 Å². The van der Waals surface area contributed by atoms with E-state index in [0.717, 1.165) is 17.3 Å². The molecule has 0 radical (unpaired) electrons. The number of carbonyl (C=O) groups excluding carboxylic acids is 2. The van der Waals surface area contributed by atoms with E-state index in [1.165, 1.54) is 12.3 Å². The maximum atomic E-state index is 13.5. The summed E-state index contributed by atoms with van der Waals surface area (Å²) in [4.78, 5) is 30.1. The number of carbonyl (C=O) groups is 2. The van der Waals surface area contributed by atoms with Crippen LogP contribution in [0.1, 0.15) is 34.3 Å². The van der Waals surface area contributed by atoms with Gasteiger partial charge in [-0.1, -0.05) is 6.07 Å². The van der Waals surface area contributed by atoms with E-state index in [9.17, 15) is 14.0 Å². The van der Waals surface area contributed by atoms with Crippen LogP contribution in [-0.4, -0.2) is 28.6 Å². The SMILES string of the molecule is O=C(NO)c1ccc2c(c1)CC[C@@]1(CCN(c3cncc(F)c3)C1=O)C2.S. The maximum absolute atomic E-state index is 13.5. The lowest BCUT2D eigenvalue weighted by Gasteiger charge is -2.33. The first-order valence-corrected chi connectivity index (χ1v) is 8.51. The Morgan fingerprint density at radius 1 is 1.22 bits per heavy atom. The molecule has 1 fully saturated rings. The van der Waals surface area contributed by atoms with Crippen molar-refractivity contribution in [1.82, 2.24) is 10.5 Å². The minimum absolute atomic E-state index is 0. The zero-order valence-corrected chi connectivity index (χ0v) is 15.5. The highest BCUT2D eigenvalue weighted by Gasteiger charge is 2.48. The Balaban J connectivity index is 0.00000210. The number of hydroxylamine groups is 1. The third-order valence-electron chi connectivity index (χ3n) is 5.49. The Morgan fingerprint density at radius 2 is 2.04 bits per heavy atom. The molecule has 8 heteroatoms. The smallest absolute Gasteiger partial charge is 0.274 e. The lowest BCUT2D eigenvalue weighted by molar-refractivity contribution is -0.126. The van der Waals surface area contributed by atoms with Crippen LogP contribution in [0.15, 0.2) is 36.7 Å². The maximum Gasteiger partial charge on any atom is 0.274 e. The van der Waals surface area contributed by atoms with Gasteiger partial charge < -0.3 is 4.90 Å². The summed E-state index contributed by atoms with van der Waals surface area (Å²) >= 11 is 0. The lowest BCUT2D eigenvalue weighted by atomic mass is 9.70.